The van der Waals surface area contributed by atoms with Gasteiger partial charge in [0.2, 0.25) is 0 Å². The topological polar surface area (TPSA) is 47.3 Å². The lowest BCUT2D eigenvalue weighted by molar-refractivity contribution is 0.287. The number of rotatable bonds is 4. The van der Waals surface area contributed by atoms with Crippen LogP contribution in [-0.4, -0.2) is 28.5 Å². The second-order valence-electron chi connectivity index (χ2n) is 3.36. The van der Waals surface area contributed by atoms with E-state index in [1.165, 1.54) is 0 Å². The van der Waals surface area contributed by atoms with E-state index in [2.05, 4.69) is 5.10 Å². The fourth-order valence-electron chi connectivity index (χ4n) is 1.44. The molecule has 2 rings (SSSR count). The first-order valence-electron chi connectivity index (χ1n) is 5.21. The van der Waals surface area contributed by atoms with E-state index >= 15 is 0 Å². The van der Waals surface area contributed by atoms with Gasteiger partial charge in [0.15, 0.2) is 0 Å². The molecular weight excluding hydrogens is 203 g/mol. The van der Waals surface area contributed by atoms with Crippen molar-refractivity contribution in [3.8, 4) is 5.69 Å². The van der Waals surface area contributed by atoms with Gasteiger partial charge in [-0.1, -0.05) is 18.2 Å². The fraction of sp³-hybridized carbons (Fsp3) is 0.182. The van der Waals surface area contributed by atoms with E-state index in [4.69, 9.17) is 4.65 Å². The molecule has 2 aromatic rings. The third-order valence-corrected chi connectivity index (χ3v) is 2.23. The minimum absolute atomic E-state index is 0.470. The molecule has 5 heteroatoms. The van der Waals surface area contributed by atoms with Gasteiger partial charge in [0.1, 0.15) is 0 Å². The van der Waals surface area contributed by atoms with Crippen LogP contribution < -0.4 is 5.46 Å². The largest absolute Gasteiger partial charge is 0.494 e. The molecule has 0 saturated heterocycles. The Kier molecular flexibility index (Phi) is 3.39. The molecule has 0 aliphatic carbocycles. The standard InChI is InChI=1S/C11H13BN2O2/c1-2-16-12(15)10-8-13-14(9-10)11-6-4-3-5-7-11/h3-9,15H,2H2,1H3. The molecule has 0 aliphatic heterocycles. The van der Waals surface area contributed by atoms with Crippen molar-refractivity contribution in [2.45, 2.75) is 6.92 Å². The molecule has 1 aromatic carbocycles. The van der Waals surface area contributed by atoms with Gasteiger partial charge in [-0.3, -0.25) is 0 Å². The van der Waals surface area contributed by atoms with Gasteiger partial charge in [-0.05, 0) is 19.1 Å². The molecule has 0 bridgehead atoms. The highest BCUT2D eigenvalue weighted by atomic mass is 16.5. The van der Waals surface area contributed by atoms with Crippen molar-refractivity contribution in [3.63, 3.8) is 0 Å². The molecule has 0 amide bonds. The van der Waals surface area contributed by atoms with Crippen LogP contribution in [0.3, 0.4) is 0 Å². The third kappa shape index (κ3) is 2.32. The summed E-state index contributed by atoms with van der Waals surface area (Å²) in [6.45, 7) is 2.31. The highest BCUT2D eigenvalue weighted by Gasteiger charge is 2.17. The first-order valence-corrected chi connectivity index (χ1v) is 5.21. The zero-order valence-corrected chi connectivity index (χ0v) is 9.08. The first-order chi connectivity index (χ1) is 7.81. The van der Waals surface area contributed by atoms with Gasteiger partial charge in [-0.25, -0.2) is 4.68 Å². The van der Waals surface area contributed by atoms with Crippen LogP contribution >= 0.6 is 0 Å². The van der Waals surface area contributed by atoms with Gasteiger partial charge in [0.25, 0.3) is 0 Å². The average Bonchev–Trinajstić information content (AvgIpc) is 2.80. The second-order valence-corrected chi connectivity index (χ2v) is 3.36. The molecule has 1 N–H and O–H groups in total. The summed E-state index contributed by atoms with van der Waals surface area (Å²) in [4.78, 5) is 0. The maximum Gasteiger partial charge on any atom is 0.494 e. The highest BCUT2D eigenvalue weighted by Crippen LogP contribution is 2.03. The zero-order chi connectivity index (χ0) is 11.4. The van der Waals surface area contributed by atoms with E-state index < -0.39 is 7.12 Å². The number of hydrogen-bond acceptors (Lipinski definition) is 3. The van der Waals surface area contributed by atoms with Crippen molar-refractivity contribution in [2.75, 3.05) is 6.61 Å². The van der Waals surface area contributed by atoms with Crippen molar-refractivity contribution in [2.24, 2.45) is 0 Å². The molecule has 4 nitrogen and oxygen atoms in total. The van der Waals surface area contributed by atoms with Crippen LogP contribution in [0.2, 0.25) is 0 Å². The van der Waals surface area contributed by atoms with E-state index in [1.54, 1.807) is 17.1 Å². The average molecular weight is 216 g/mol. The Balaban J connectivity index is 2.20. The van der Waals surface area contributed by atoms with Crippen LogP contribution in [-0.2, 0) is 4.65 Å². The Hall–Kier alpha value is -1.59. The monoisotopic (exact) mass is 216 g/mol. The quantitative estimate of drug-likeness (QED) is 0.761. The number of nitrogens with zero attached hydrogens (tertiary/aromatic N) is 2. The summed E-state index contributed by atoms with van der Waals surface area (Å²) in [5.41, 5.74) is 1.61. The lowest BCUT2D eigenvalue weighted by Crippen LogP contribution is -2.32. The van der Waals surface area contributed by atoms with Gasteiger partial charge >= 0.3 is 7.12 Å². The van der Waals surface area contributed by atoms with Crippen molar-refractivity contribution >= 4 is 12.6 Å². The summed E-state index contributed by atoms with van der Waals surface area (Å²) < 4.78 is 6.79. The lowest BCUT2D eigenvalue weighted by Gasteiger charge is -2.02. The molecule has 1 heterocycles. The maximum absolute atomic E-state index is 9.61. The van der Waals surface area contributed by atoms with E-state index in [-0.39, 0.29) is 0 Å². The summed E-state index contributed by atoms with van der Waals surface area (Å²) >= 11 is 0. The zero-order valence-electron chi connectivity index (χ0n) is 9.08. The Morgan fingerprint density at radius 1 is 1.38 bits per heavy atom. The lowest BCUT2D eigenvalue weighted by atomic mass is 9.82. The van der Waals surface area contributed by atoms with E-state index in [0.29, 0.717) is 12.1 Å². The second kappa shape index (κ2) is 4.96. The van der Waals surface area contributed by atoms with Crippen LogP contribution in [0.1, 0.15) is 6.92 Å². The van der Waals surface area contributed by atoms with Gasteiger partial charge < -0.3 is 9.68 Å². The van der Waals surface area contributed by atoms with Crippen molar-refractivity contribution in [1.29, 1.82) is 0 Å². The van der Waals surface area contributed by atoms with Crippen LogP contribution in [0.25, 0.3) is 5.69 Å². The van der Waals surface area contributed by atoms with Gasteiger partial charge in [0, 0.05) is 24.5 Å². The Morgan fingerprint density at radius 2 is 2.12 bits per heavy atom. The molecule has 0 atom stereocenters. The smallest absolute Gasteiger partial charge is 0.423 e. The predicted molar refractivity (Wildman–Crippen MR) is 62.8 cm³/mol. The van der Waals surface area contributed by atoms with E-state index in [1.807, 2.05) is 37.3 Å². The van der Waals surface area contributed by atoms with Gasteiger partial charge in [-0.15, -0.1) is 0 Å². The summed E-state index contributed by atoms with van der Waals surface area (Å²) in [7, 11) is -0.900. The Bertz CT molecular complexity index is 444. The van der Waals surface area contributed by atoms with Crippen LogP contribution in [0, 0.1) is 0 Å². The molecule has 82 valence electrons. The molecule has 0 aliphatic rings. The molecule has 0 unspecified atom stereocenters. The first kappa shape index (κ1) is 10.9. The molecule has 0 saturated carbocycles. The van der Waals surface area contributed by atoms with Crippen molar-refractivity contribution < 1.29 is 9.68 Å². The highest BCUT2D eigenvalue weighted by molar-refractivity contribution is 6.59. The summed E-state index contributed by atoms with van der Waals surface area (Å²) in [6, 6.07) is 9.72. The predicted octanol–water partition coefficient (Wildman–Crippen LogP) is 0.596. The molecule has 0 spiro atoms. The minimum Gasteiger partial charge on any atom is -0.423 e. The summed E-state index contributed by atoms with van der Waals surface area (Å²) in [5.74, 6) is 0. The van der Waals surface area contributed by atoms with Gasteiger partial charge in [-0.2, -0.15) is 5.10 Å². The number of aromatic nitrogens is 2. The van der Waals surface area contributed by atoms with E-state index in [9.17, 15) is 5.02 Å². The number of hydrogen-bond donors (Lipinski definition) is 1. The molecular formula is C11H13BN2O2. The van der Waals surface area contributed by atoms with Crippen LogP contribution in [0.15, 0.2) is 42.7 Å². The summed E-state index contributed by atoms with van der Waals surface area (Å²) in [6.07, 6.45) is 3.36. The van der Waals surface area contributed by atoms with Crippen molar-refractivity contribution in [3.05, 3.63) is 42.7 Å². The fourth-order valence-corrected chi connectivity index (χ4v) is 1.44. The molecule has 0 fully saturated rings. The van der Waals surface area contributed by atoms with Crippen LogP contribution in [0.5, 0.6) is 0 Å². The minimum atomic E-state index is -0.900. The Morgan fingerprint density at radius 3 is 2.81 bits per heavy atom. The number of para-hydroxylation sites is 1. The normalized spacial score (nSPS) is 10.4. The van der Waals surface area contributed by atoms with Crippen molar-refractivity contribution in [1.82, 2.24) is 9.78 Å². The SMILES string of the molecule is CCOB(O)c1cnn(-c2ccccc2)c1. The van der Waals surface area contributed by atoms with E-state index in [0.717, 1.165) is 5.69 Å². The van der Waals surface area contributed by atoms with Gasteiger partial charge in [0.05, 0.1) is 5.69 Å². The number of benzene rings is 1. The molecule has 1 aromatic heterocycles. The molecule has 0 radical (unpaired) electrons. The summed E-state index contributed by atoms with van der Waals surface area (Å²) in [5, 5.41) is 13.8. The van der Waals surface area contributed by atoms with Crippen LogP contribution in [0.4, 0.5) is 0 Å². The molecule has 16 heavy (non-hydrogen) atoms. The third-order valence-electron chi connectivity index (χ3n) is 2.23. The Labute approximate surface area is 94.6 Å². The maximum atomic E-state index is 9.61.